The number of rotatable bonds is 11. The van der Waals surface area contributed by atoms with Gasteiger partial charge in [0.2, 0.25) is 0 Å². The van der Waals surface area contributed by atoms with Crippen LogP contribution in [0.25, 0.3) is 10.8 Å². The minimum absolute atomic E-state index is 0.0223. The quantitative estimate of drug-likeness (QED) is 0.109. The third-order valence-electron chi connectivity index (χ3n) is 7.14. The lowest BCUT2D eigenvalue weighted by atomic mass is 9.89. The lowest BCUT2D eigenvalue weighted by Gasteiger charge is -2.22. The topological polar surface area (TPSA) is 58.5 Å². The molecule has 0 bridgehead atoms. The molecule has 0 saturated carbocycles. The summed E-state index contributed by atoms with van der Waals surface area (Å²) in [6.45, 7) is 14.5. The zero-order chi connectivity index (χ0) is 30.0. The Balaban J connectivity index is 2.06. The molecule has 0 aliphatic carbocycles. The molecule has 5 heteroatoms. The van der Waals surface area contributed by atoms with Crippen LogP contribution in [0.5, 0.6) is 0 Å². The van der Waals surface area contributed by atoms with Gasteiger partial charge in [0.1, 0.15) is 5.71 Å². The molecule has 0 spiro atoms. The predicted octanol–water partition coefficient (Wildman–Crippen LogP) is 8.87. The average Bonchev–Trinajstić information content (AvgIpc) is 2.94. The summed E-state index contributed by atoms with van der Waals surface area (Å²) < 4.78 is 27.8. The smallest absolute Gasteiger partial charge is 0.200 e. The summed E-state index contributed by atoms with van der Waals surface area (Å²) in [4.78, 5) is 2.86. The fourth-order valence-electron chi connectivity index (χ4n) is 4.69. The van der Waals surface area contributed by atoms with Gasteiger partial charge in [0.05, 0.1) is 4.90 Å². The van der Waals surface area contributed by atoms with E-state index in [0.717, 1.165) is 45.9 Å². The van der Waals surface area contributed by atoms with Gasteiger partial charge in [-0.05, 0) is 75.5 Å². The van der Waals surface area contributed by atoms with Gasteiger partial charge in [0, 0.05) is 12.0 Å². The van der Waals surface area contributed by atoms with E-state index in [1.54, 1.807) is 0 Å². The van der Waals surface area contributed by atoms with E-state index in [2.05, 4.69) is 54.4 Å². The van der Waals surface area contributed by atoms with Crippen LogP contribution in [0.2, 0.25) is 0 Å². The molecule has 0 fully saturated rings. The molecule has 41 heavy (non-hydrogen) atoms. The first-order valence-electron chi connectivity index (χ1n) is 14.8. The van der Waals surface area contributed by atoms with E-state index in [1.165, 1.54) is 19.3 Å². The normalized spacial score (nSPS) is 11.9. The number of hydrogen-bond donors (Lipinski definition) is 1. The van der Waals surface area contributed by atoms with Gasteiger partial charge in [-0.15, -0.1) is 0 Å². The zero-order valence-electron chi connectivity index (χ0n) is 25.6. The third kappa shape index (κ3) is 8.72. The SMILES string of the molecule is CCCCCCC#CC#C/C(=N\NS(=O)(=O)c1c(C(C)C)cc(C(C)C)cc1C(C)C)c1ccc2ccccc2c1. The first-order chi connectivity index (χ1) is 19.5. The first-order valence-corrected chi connectivity index (χ1v) is 16.3. The number of benzene rings is 3. The van der Waals surface area contributed by atoms with Crippen LogP contribution >= 0.6 is 0 Å². The van der Waals surface area contributed by atoms with Gasteiger partial charge in [-0.3, -0.25) is 0 Å². The Morgan fingerprint density at radius 3 is 2.07 bits per heavy atom. The minimum atomic E-state index is -3.99. The van der Waals surface area contributed by atoms with E-state index in [-0.39, 0.29) is 17.8 Å². The summed E-state index contributed by atoms with van der Waals surface area (Å²) >= 11 is 0. The second-order valence-corrected chi connectivity index (χ2v) is 13.1. The van der Waals surface area contributed by atoms with Crippen LogP contribution in [0.15, 0.2) is 64.6 Å². The molecule has 0 saturated heterocycles. The molecular formula is C36H44N2O2S. The molecular weight excluding hydrogens is 524 g/mol. The molecule has 0 amide bonds. The molecule has 4 nitrogen and oxygen atoms in total. The van der Waals surface area contributed by atoms with Crippen LogP contribution in [-0.2, 0) is 10.0 Å². The van der Waals surface area contributed by atoms with Crippen molar-refractivity contribution in [2.75, 3.05) is 0 Å². The molecule has 0 unspecified atom stereocenters. The average molecular weight is 569 g/mol. The number of nitrogens with zero attached hydrogens (tertiary/aromatic N) is 1. The summed E-state index contributed by atoms with van der Waals surface area (Å²) in [5, 5.41) is 6.52. The summed E-state index contributed by atoms with van der Waals surface area (Å²) in [5.41, 5.74) is 3.79. The molecule has 0 aliphatic heterocycles. The molecule has 0 atom stereocenters. The van der Waals surface area contributed by atoms with Gasteiger partial charge in [-0.25, -0.2) is 0 Å². The van der Waals surface area contributed by atoms with Gasteiger partial charge >= 0.3 is 0 Å². The summed E-state index contributed by atoms with van der Waals surface area (Å²) in [7, 11) is -3.99. The summed E-state index contributed by atoms with van der Waals surface area (Å²) in [6, 6.07) is 18.0. The Bertz CT molecular complexity index is 1580. The maximum atomic E-state index is 13.9. The largest absolute Gasteiger partial charge is 0.277 e. The van der Waals surface area contributed by atoms with Gasteiger partial charge in [-0.1, -0.05) is 122 Å². The highest BCUT2D eigenvalue weighted by molar-refractivity contribution is 7.89. The number of nitrogens with one attached hydrogen (secondary N) is 1. The van der Waals surface area contributed by atoms with Gasteiger partial charge in [0.15, 0.2) is 0 Å². The summed E-state index contributed by atoms with van der Waals surface area (Å²) in [6.07, 6.45) is 5.42. The monoisotopic (exact) mass is 568 g/mol. The second-order valence-electron chi connectivity index (χ2n) is 11.5. The molecule has 1 N–H and O–H groups in total. The maximum Gasteiger partial charge on any atom is 0.277 e. The van der Waals surface area contributed by atoms with Gasteiger partial charge < -0.3 is 0 Å². The number of sulfonamides is 1. The Hall–Kier alpha value is -3.54. The Morgan fingerprint density at radius 1 is 0.805 bits per heavy atom. The van der Waals surface area contributed by atoms with Crippen LogP contribution in [-0.4, -0.2) is 14.1 Å². The molecule has 0 aromatic heterocycles. The fraction of sp³-hybridized carbons (Fsp3) is 0.417. The van der Waals surface area contributed by atoms with Crippen LogP contribution in [0.3, 0.4) is 0 Å². The van der Waals surface area contributed by atoms with E-state index >= 15 is 0 Å². The summed E-state index contributed by atoms with van der Waals surface area (Å²) in [5.74, 6) is 12.3. The van der Waals surface area contributed by atoms with Gasteiger partial charge in [-0.2, -0.15) is 18.4 Å². The molecule has 0 radical (unpaired) electrons. The second kappa shape index (κ2) is 14.9. The first kappa shape index (κ1) is 32.0. The Labute approximate surface area is 248 Å². The molecule has 0 heterocycles. The number of fused-ring (bicyclic) bond motifs is 1. The minimum Gasteiger partial charge on any atom is -0.200 e. The van der Waals surface area contributed by atoms with Crippen molar-refractivity contribution >= 4 is 26.5 Å². The highest BCUT2D eigenvalue weighted by atomic mass is 32.2. The lowest BCUT2D eigenvalue weighted by Crippen LogP contribution is -2.24. The van der Waals surface area contributed by atoms with Crippen molar-refractivity contribution < 1.29 is 8.42 Å². The van der Waals surface area contributed by atoms with Crippen molar-refractivity contribution in [1.29, 1.82) is 0 Å². The number of unbranched alkanes of at least 4 members (excludes halogenated alkanes) is 4. The van der Waals surface area contributed by atoms with Crippen LogP contribution in [0.1, 0.15) is 121 Å². The molecule has 3 rings (SSSR count). The van der Waals surface area contributed by atoms with E-state index in [1.807, 2.05) is 82.3 Å². The van der Waals surface area contributed by atoms with Crippen molar-refractivity contribution in [3.63, 3.8) is 0 Å². The molecule has 3 aromatic carbocycles. The Morgan fingerprint density at radius 2 is 1.46 bits per heavy atom. The van der Waals surface area contributed by atoms with Crippen LogP contribution in [0, 0.1) is 23.7 Å². The highest BCUT2D eigenvalue weighted by Crippen LogP contribution is 2.35. The molecule has 216 valence electrons. The van der Waals surface area contributed by atoms with E-state index in [0.29, 0.717) is 10.6 Å². The van der Waals surface area contributed by atoms with E-state index < -0.39 is 10.0 Å². The van der Waals surface area contributed by atoms with Crippen molar-refractivity contribution in [2.24, 2.45) is 5.10 Å². The predicted molar refractivity (Wildman–Crippen MR) is 174 cm³/mol. The van der Waals surface area contributed by atoms with Crippen LogP contribution < -0.4 is 4.83 Å². The zero-order valence-corrected chi connectivity index (χ0v) is 26.5. The third-order valence-corrected chi connectivity index (χ3v) is 8.48. The Kier molecular flexibility index (Phi) is 11.6. The fourth-order valence-corrected chi connectivity index (χ4v) is 6.20. The van der Waals surface area contributed by atoms with Gasteiger partial charge in [0.25, 0.3) is 10.0 Å². The van der Waals surface area contributed by atoms with Crippen molar-refractivity contribution in [1.82, 2.24) is 4.83 Å². The number of hydrogen-bond acceptors (Lipinski definition) is 3. The standard InChI is InChI=1S/C36H44N2O2S/c1-8-9-10-11-12-13-14-15-20-35(31-22-21-29-18-16-17-19-30(29)23-31)37-38-41(39,40)36-33(27(4)5)24-32(26(2)3)25-34(36)28(6)7/h16-19,21-28,38H,8-12H2,1-7H3/b37-35+. The van der Waals surface area contributed by atoms with Crippen molar-refractivity contribution in [3.05, 3.63) is 76.9 Å². The molecule has 3 aromatic rings. The molecule has 0 aliphatic rings. The van der Waals surface area contributed by atoms with E-state index in [9.17, 15) is 8.42 Å². The van der Waals surface area contributed by atoms with Crippen molar-refractivity contribution in [3.8, 4) is 23.7 Å². The lowest BCUT2D eigenvalue weighted by molar-refractivity contribution is 0.579. The van der Waals surface area contributed by atoms with E-state index in [4.69, 9.17) is 0 Å². The van der Waals surface area contributed by atoms with Crippen molar-refractivity contribution in [2.45, 2.75) is 103 Å². The maximum absolute atomic E-state index is 13.9. The highest BCUT2D eigenvalue weighted by Gasteiger charge is 2.27. The van der Waals surface area contributed by atoms with Crippen LogP contribution in [0.4, 0.5) is 0 Å². The number of hydrazone groups is 1.